The fourth-order valence-corrected chi connectivity index (χ4v) is 2.68. The normalized spacial score (nSPS) is 10.1. The van der Waals surface area contributed by atoms with Gasteiger partial charge in [-0.15, -0.1) is 0 Å². The molecule has 1 rings (SSSR count). The van der Waals surface area contributed by atoms with Gasteiger partial charge in [-0.2, -0.15) is 0 Å². The lowest BCUT2D eigenvalue weighted by Crippen LogP contribution is -2.10. The molecule has 0 N–H and O–H groups in total. The van der Waals surface area contributed by atoms with Crippen molar-refractivity contribution in [2.45, 2.75) is 18.7 Å². The van der Waals surface area contributed by atoms with Crippen LogP contribution in [0, 0.1) is 0 Å². The van der Waals surface area contributed by atoms with E-state index in [-0.39, 0.29) is 12.4 Å². The first-order valence-corrected chi connectivity index (χ1v) is 7.11. The van der Waals surface area contributed by atoms with Crippen LogP contribution in [0.4, 0.5) is 0 Å². The third-order valence-corrected chi connectivity index (χ3v) is 3.77. The zero-order valence-electron chi connectivity index (χ0n) is 9.76. The maximum absolute atomic E-state index is 11.5. The van der Waals surface area contributed by atoms with Crippen LogP contribution in [0.15, 0.2) is 16.6 Å². The number of carbonyl (C=O) groups is 1. The van der Waals surface area contributed by atoms with Gasteiger partial charge in [-0.05, 0) is 40.0 Å². The van der Waals surface area contributed by atoms with Crippen LogP contribution in [0.1, 0.15) is 18.1 Å². The summed E-state index contributed by atoms with van der Waals surface area (Å²) in [6.45, 7) is 2.19. The molecule has 17 heavy (non-hydrogen) atoms. The molecule has 94 valence electrons. The molecule has 0 aromatic heterocycles. The van der Waals surface area contributed by atoms with E-state index in [0.29, 0.717) is 17.7 Å². The fourth-order valence-electron chi connectivity index (χ4n) is 1.47. The van der Waals surface area contributed by atoms with Crippen molar-refractivity contribution >= 4 is 37.8 Å². The summed E-state index contributed by atoms with van der Waals surface area (Å²) < 4.78 is 11.0. The van der Waals surface area contributed by atoms with Crippen molar-refractivity contribution in [2.75, 3.05) is 13.7 Å². The second-order valence-electron chi connectivity index (χ2n) is 3.33. The van der Waals surface area contributed by atoms with Gasteiger partial charge in [0.2, 0.25) is 0 Å². The zero-order valence-corrected chi connectivity index (χ0v) is 12.9. The van der Waals surface area contributed by atoms with Gasteiger partial charge in [0.15, 0.2) is 0 Å². The predicted molar refractivity (Wildman–Crippen MR) is 73.7 cm³/mol. The van der Waals surface area contributed by atoms with E-state index in [9.17, 15) is 4.79 Å². The maximum Gasteiger partial charge on any atom is 0.310 e. The number of methoxy groups -OCH3 is 1. The van der Waals surface area contributed by atoms with Gasteiger partial charge in [0, 0.05) is 5.33 Å². The number of rotatable bonds is 5. The molecular weight excluding hydrogens is 352 g/mol. The molecule has 0 saturated heterocycles. The minimum atomic E-state index is -0.233. The minimum Gasteiger partial charge on any atom is -0.496 e. The Balaban J connectivity index is 3.05. The summed E-state index contributed by atoms with van der Waals surface area (Å²) in [4.78, 5) is 11.5. The molecule has 0 aliphatic rings. The summed E-state index contributed by atoms with van der Waals surface area (Å²) in [7, 11) is 1.60. The Morgan fingerprint density at radius 1 is 1.41 bits per heavy atom. The molecule has 0 unspecified atom stereocenters. The smallest absolute Gasteiger partial charge is 0.310 e. The number of halogens is 2. The fraction of sp³-hybridized carbons (Fsp3) is 0.417. The first-order chi connectivity index (χ1) is 8.13. The highest BCUT2D eigenvalue weighted by atomic mass is 79.9. The molecule has 3 nitrogen and oxygen atoms in total. The highest BCUT2D eigenvalue weighted by Crippen LogP contribution is 2.32. The van der Waals surface area contributed by atoms with Crippen LogP contribution in [-0.2, 0) is 21.3 Å². The summed E-state index contributed by atoms with van der Waals surface area (Å²) in [5.74, 6) is 0.484. The quantitative estimate of drug-likeness (QED) is 0.592. The molecule has 0 radical (unpaired) electrons. The third-order valence-electron chi connectivity index (χ3n) is 2.30. The number of alkyl halides is 1. The SMILES string of the molecule is CCOC(=O)Cc1c(CBr)ccc(OC)c1Br. The molecule has 0 heterocycles. The molecule has 0 spiro atoms. The monoisotopic (exact) mass is 364 g/mol. The minimum absolute atomic E-state index is 0.233. The van der Waals surface area contributed by atoms with Gasteiger partial charge in [-0.1, -0.05) is 22.0 Å². The molecule has 0 aliphatic carbocycles. The number of benzene rings is 1. The van der Waals surface area contributed by atoms with Crippen molar-refractivity contribution < 1.29 is 14.3 Å². The van der Waals surface area contributed by atoms with E-state index in [4.69, 9.17) is 9.47 Å². The second kappa shape index (κ2) is 7.01. The van der Waals surface area contributed by atoms with Crippen LogP contribution >= 0.6 is 31.9 Å². The Morgan fingerprint density at radius 2 is 2.12 bits per heavy atom. The Bertz CT molecular complexity index is 405. The van der Waals surface area contributed by atoms with E-state index in [1.54, 1.807) is 14.0 Å². The molecular formula is C12H14Br2O3. The average molecular weight is 366 g/mol. The zero-order chi connectivity index (χ0) is 12.8. The lowest BCUT2D eigenvalue weighted by Gasteiger charge is -2.12. The highest BCUT2D eigenvalue weighted by molar-refractivity contribution is 9.10. The third kappa shape index (κ3) is 3.71. The highest BCUT2D eigenvalue weighted by Gasteiger charge is 2.15. The summed E-state index contributed by atoms with van der Waals surface area (Å²) >= 11 is 6.86. The lowest BCUT2D eigenvalue weighted by molar-refractivity contribution is -0.142. The van der Waals surface area contributed by atoms with Gasteiger partial charge in [0.25, 0.3) is 0 Å². The number of esters is 1. The molecule has 0 atom stereocenters. The van der Waals surface area contributed by atoms with Crippen molar-refractivity contribution in [3.05, 3.63) is 27.7 Å². The lowest BCUT2D eigenvalue weighted by atomic mass is 10.1. The van der Waals surface area contributed by atoms with Crippen molar-refractivity contribution in [2.24, 2.45) is 0 Å². The van der Waals surface area contributed by atoms with Gasteiger partial charge in [0.05, 0.1) is 24.6 Å². The number of ether oxygens (including phenoxy) is 2. The van der Waals surface area contributed by atoms with Crippen molar-refractivity contribution in [3.63, 3.8) is 0 Å². The molecule has 0 fully saturated rings. The van der Waals surface area contributed by atoms with Crippen LogP contribution in [0.3, 0.4) is 0 Å². The topological polar surface area (TPSA) is 35.5 Å². The molecule has 0 bridgehead atoms. The molecule has 0 aliphatic heterocycles. The van der Waals surface area contributed by atoms with Gasteiger partial charge in [-0.3, -0.25) is 4.79 Å². The Labute approximate surface area is 118 Å². The van der Waals surface area contributed by atoms with E-state index in [1.165, 1.54) is 0 Å². The van der Waals surface area contributed by atoms with Gasteiger partial charge >= 0.3 is 5.97 Å². The molecule has 1 aromatic carbocycles. The van der Waals surface area contributed by atoms with Gasteiger partial charge < -0.3 is 9.47 Å². The van der Waals surface area contributed by atoms with Crippen LogP contribution in [0.5, 0.6) is 5.75 Å². The molecule has 0 amide bonds. The summed E-state index contributed by atoms with van der Waals surface area (Å²) in [5.41, 5.74) is 1.95. The van der Waals surface area contributed by atoms with E-state index >= 15 is 0 Å². The Hall–Kier alpha value is -0.550. The van der Waals surface area contributed by atoms with Crippen LogP contribution in [0.2, 0.25) is 0 Å². The summed E-state index contributed by atoms with van der Waals surface area (Å²) in [6.07, 6.45) is 0.243. The van der Waals surface area contributed by atoms with Crippen molar-refractivity contribution in [3.8, 4) is 5.75 Å². The van der Waals surface area contributed by atoms with E-state index < -0.39 is 0 Å². The maximum atomic E-state index is 11.5. The van der Waals surface area contributed by atoms with Crippen molar-refractivity contribution in [1.82, 2.24) is 0 Å². The van der Waals surface area contributed by atoms with Gasteiger partial charge in [0.1, 0.15) is 5.75 Å². The summed E-state index contributed by atoms with van der Waals surface area (Å²) in [5, 5.41) is 0.685. The van der Waals surface area contributed by atoms with Crippen LogP contribution < -0.4 is 4.74 Å². The largest absolute Gasteiger partial charge is 0.496 e. The Morgan fingerprint density at radius 3 is 2.65 bits per heavy atom. The Kier molecular flexibility index (Phi) is 5.98. The predicted octanol–water partition coefficient (Wildman–Crippen LogP) is 3.46. The van der Waals surface area contributed by atoms with Crippen molar-refractivity contribution in [1.29, 1.82) is 0 Å². The van der Waals surface area contributed by atoms with Gasteiger partial charge in [-0.25, -0.2) is 0 Å². The standard InChI is InChI=1S/C12H14Br2O3/c1-3-17-11(15)6-9-8(7-13)4-5-10(16-2)12(9)14/h4-5H,3,6-7H2,1-2H3. The number of hydrogen-bond acceptors (Lipinski definition) is 3. The average Bonchev–Trinajstić information content (AvgIpc) is 2.32. The number of hydrogen-bond donors (Lipinski definition) is 0. The first-order valence-electron chi connectivity index (χ1n) is 5.19. The second-order valence-corrected chi connectivity index (χ2v) is 4.69. The van der Waals surface area contributed by atoms with E-state index in [2.05, 4.69) is 31.9 Å². The number of carbonyl (C=O) groups excluding carboxylic acids is 1. The molecule has 0 saturated carbocycles. The van der Waals surface area contributed by atoms with E-state index in [0.717, 1.165) is 15.6 Å². The summed E-state index contributed by atoms with van der Waals surface area (Å²) in [6, 6.07) is 3.81. The molecule has 5 heteroatoms. The molecule has 1 aromatic rings. The van der Waals surface area contributed by atoms with E-state index in [1.807, 2.05) is 12.1 Å². The van der Waals surface area contributed by atoms with Crippen LogP contribution in [0.25, 0.3) is 0 Å². The first kappa shape index (κ1) is 14.5. The van der Waals surface area contributed by atoms with Crippen LogP contribution in [-0.4, -0.2) is 19.7 Å².